The highest BCUT2D eigenvalue weighted by Gasteiger charge is 2.16. The third kappa shape index (κ3) is 6.42. The normalized spacial score (nSPS) is 16.8. The predicted octanol–water partition coefficient (Wildman–Crippen LogP) is 2.34. The summed E-state index contributed by atoms with van der Waals surface area (Å²) in [6.45, 7) is 9.01. The van der Waals surface area contributed by atoms with Crippen LogP contribution in [0.2, 0.25) is 0 Å². The first-order valence-electron chi connectivity index (χ1n) is 4.41. The van der Waals surface area contributed by atoms with E-state index in [1.165, 1.54) is 0 Å². The summed E-state index contributed by atoms with van der Waals surface area (Å²) in [5, 5.41) is 0. The van der Waals surface area contributed by atoms with E-state index in [4.69, 9.17) is 12.6 Å². The van der Waals surface area contributed by atoms with Gasteiger partial charge in [-0.3, -0.25) is 0 Å². The van der Waals surface area contributed by atoms with Crippen LogP contribution in [0.25, 0.3) is 0 Å². The quantitative estimate of drug-likeness (QED) is 0.552. The van der Waals surface area contributed by atoms with E-state index in [-0.39, 0.29) is 0 Å². The molecule has 0 aromatic heterocycles. The molecule has 0 saturated carbocycles. The van der Waals surface area contributed by atoms with E-state index in [1.807, 2.05) is 13.8 Å². The van der Waals surface area contributed by atoms with Crippen LogP contribution in [0, 0.1) is 5.92 Å². The van der Waals surface area contributed by atoms with Gasteiger partial charge in [-0.2, -0.15) is 0 Å². The molecule has 0 rings (SSSR count). The zero-order valence-corrected chi connectivity index (χ0v) is 8.18. The predicted molar refractivity (Wildman–Crippen MR) is 49.9 cm³/mol. The van der Waals surface area contributed by atoms with E-state index in [2.05, 4.69) is 13.8 Å². The molecule has 64 valence electrons. The van der Waals surface area contributed by atoms with Gasteiger partial charge in [0.25, 0.3) is 0 Å². The Hall–Kier alpha value is 0.0249. The van der Waals surface area contributed by atoms with Crippen LogP contribution in [0.3, 0.4) is 0 Å². The SMILES string of the molecule is [B]C(C)(CCC(C)C)OCC. The maximum Gasteiger partial charge on any atom is 0.113 e. The molecule has 0 heterocycles. The molecule has 1 nitrogen and oxygen atoms in total. The van der Waals surface area contributed by atoms with Gasteiger partial charge in [0.05, 0.1) is 0 Å². The summed E-state index contributed by atoms with van der Waals surface area (Å²) in [7, 11) is 5.85. The van der Waals surface area contributed by atoms with Crippen molar-refractivity contribution >= 4 is 7.85 Å². The molecule has 0 N–H and O–H groups in total. The second-order valence-corrected chi connectivity index (χ2v) is 3.68. The van der Waals surface area contributed by atoms with Gasteiger partial charge in [-0.15, -0.1) is 0 Å². The highest BCUT2D eigenvalue weighted by atomic mass is 16.5. The fourth-order valence-corrected chi connectivity index (χ4v) is 0.977. The molecule has 0 aromatic rings. The van der Waals surface area contributed by atoms with Crippen molar-refractivity contribution in [3.63, 3.8) is 0 Å². The van der Waals surface area contributed by atoms with Gasteiger partial charge in [0, 0.05) is 12.1 Å². The fourth-order valence-electron chi connectivity index (χ4n) is 0.977. The Bertz CT molecular complexity index is 99.7. The molecule has 0 bridgehead atoms. The standard InChI is InChI=1S/C9H19BO/c1-5-11-9(4,10)7-6-8(2)3/h8H,5-7H2,1-4H3. The molecule has 11 heavy (non-hydrogen) atoms. The molecule has 0 aromatic carbocycles. The van der Waals surface area contributed by atoms with Crippen molar-refractivity contribution in [2.24, 2.45) is 5.92 Å². The first-order chi connectivity index (χ1) is 4.98. The molecule has 0 aliphatic rings. The molecule has 2 heteroatoms. The van der Waals surface area contributed by atoms with Crippen molar-refractivity contribution in [1.82, 2.24) is 0 Å². The minimum absolute atomic E-state index is 0.418. The van der Waals surface area contributed by atoms with Gasteiger partial charge >= 0.3 is 0 Å². The molecule has 0 saturated heterocycles. The number of hydrogen-bond donors (Lipinski definition) is 0. The lowest BCUT2D eigenvalue weighted by Gasteiger charge is -2.26. The van der Waals surface area contributed by atoms with Crippen LogP contribution >= 0.6 is 0 Å². The molecule has 1 unspecified atom stereocenters. The van der Waals surface area contributed by atoms with Crippen LogP contribution in [0.1, 0.15) is 40.5 Å². The zero-order valence-electron chi connectivity index (χ0n) is 8.18. The average molecular weight is 154 g/mol. The summed E-state index contributed by atoms with van der Waals surface area (Å²) >= 11 is 0. The minimum atomic E-state index is -0.418. The van der Waals surface area contributed by atoms with E-state index >= 15 is 0 Å². The molecule has 0 spiro atoms. The van der Waals surface area contributed by atoms with Gasteiger partial charge in [0.2, 0.25) is 0 Å². The van der Waals surface area contributed by atoms with Crippen LogP contribution in [-0.4, -0.2) is 20.0 Å². The summed E-state index contributed by atoms with van der Waals surface area (Å²) in [5.41, 5.74) is -0.418. The van der Waals surface area contributed by atoms with Crippen LogP contribution in [-0.2, 0) is 4.74 Å². The van der Waals surface area contributed by atoms with E-state index in [9.17, 15) is 0 Å². The van der Waals surface area contributed by atoms with Crippen molar-refractivity contribution in [3.8, 4) is 0 Å². The van der Waals surface area contributed by atoms with Crippen molar-refractivity contribution in [2.45, 2.75) is 46.0 Å². The smallest absolute Gasteiger partial charge is 0.113 e. The minimum Gasteiger partial charge on any atom is -0.385 e. The molecular weight excluding hydrogens is 135 g/mol. The topological polar surface area (TPSA) is 9.23 Å². The molecule has 1 atom stereocenters. The highest BCUT2D eigenvalue weighted by Crippen LogP contribution is 2.16. The summed E-state index contributed by atoms with van der Waals surface area (Å²) in [6.07, 6.45) is 2.07. The van der Waals surface area contributed by atoms with Crippen LogP contribution in [0.15, 0.2) is 0 Å². The Balaban J connectivity index is 3.54. The zero-order chi connectivity index (χ0) is 8.91. The van der Waals surface area contributed by atoms with E-state index in [0.717, 1.165) is 12.8 Å². The monoisotopic (exact) mass is 154 g/mol. The molecule has 0 fully saturated rings. The van der Waals surface area contributed by atoms with Gasteiger partial charge in [-0.05, 0) is 32.6 Å². The molecule has 0 aliphatic heterocycles. The molecule has 0 amide bonds. The van der Waals surface area contributed by atoms with Crippen molar-refractivity contribution in [3.05, 3.63) is 0 Å². The first kappa shape index (κ1) is 11.0. The third-order valence-corrected chi connectivity index (χ3v) is 1.69. The summed E-state index contributed by atoms with van der Waals surface area (Å²) in [4.78, 5) is 0. The van der Waals surface area contributed by atoms with E-state index < -0.39 is 5.50 Å². The van der Waals surface area contributed by atoms with Crippen LogP contribution in [0.5, 0.6) is 0 Å². The third-order valence-electron chi connectivity index (χ3n) is 1.69. The van der Waals surface area contributed by atoms with Gasteiger partial charge in [0.1, 0.15) is 7.85 Å². The Labute approximate surface area is 71.9 Å². The van der Waals surface area contributed by atoms with Crippen molar-refractivity contribution in [1.29, 1.82) is 0 Å². The van der Waals surface area contributed by atoms with E-state index in [0.29, 0.717) is 12.5 Å². The summed E-state index contributed by atoms with van der Waals surface area (Å²) in [6, 6.07) is 0. The molecular formula is C9H19BO. The lowest BCUT2D eigenvalue weighted by atomic mass is 9.78. The fraction of sp³-hybridized carbons (Fsp3) is 1.00. The summed E-state index contributed by atoms with van der Waals surface area (Å²) < 4.78 is 5.36. The van der Waals surface area contributed by atoms with Gasteiger partial charge < -0.3 is 4.74 Å². The van der Waals surface area contributed by atoms with Crippen molar-refractivity contribution in [2.75, 3.05) is 6.61 Å². The van der Waals surface area contributed by atoms with Gasteiger partial charge in [-0.25, -0.2) is 0 Å². The van der Waals surface area contributed by atoms with Gasteiger partial charge in [-0.1, -0.05) is 13.8 Å². The second kappa shape index (κ2) is 4.81. The number of rotatable bonds is 5. The van der Waals surface area contributed by atoms with Gasteiger partial charge in [0.15, 0.2) is 0 Å². The maximum absolute atomic E-state index is 5.85. The van der Waals surface area contributed by atoms with Crippen molar-refractivity contribution < 1.29 is 4.74 Å². The van der Waals surface area contributed by atoms with Crippen LogP contribution < -0.4 is 0 Å². The first-order valence-corrected chi connectivity index (χ1v) is 4.41. The Morgan fingerprint density at radius 1 is 1.45 bits per heavy atom. The lowest BCUT2D eigenvalue weighted by molar-refractivity contribution is 0.0312. The number of ether oxygens (including phenoxy) is 1. The molecule has 2 radical (unpaired) electrons. The lowest BCUT2D eigenvalue weighted by Crippen LogP contribution is -2.29. The second-order valence-electron chi connectivity index (χ2n) is 3.68. The van der Waals surface area contributed by atoms with Crippen LogP contribution in [0.4, 0.5) is 0 Å². The Kier molecular flexibility index (Phi) is 4.82. The highest BCUT2D eigenvalue weighted by molar-refractivity contribution is 6.14. The Morgan fingerprint density at radius 2 is 2.00 bits per heavy atom. The Morgan fingerprint density at radius 3 is 2.36 bits per heavy atom. The summed E-state index contributed by atoms with van der Waals surface area (Å²) in [5.74, 6) is 0.707. The van der Waals surface area contributed by atoms with E-state index in [1.54, 1.807) is 0 Å². The maximum atomic E-state index is 5.85. The average Bonchev–Trinajstić information content (AvgIpc) is 1.84. The number of hydrogen-bond acceptors (Lipinski definition) is 1. The molecule has 0 aliphatic carbocycles. The largest absolute Gasteiger partial charge is 0.385 e.